The van der Waals surface area contributed by atoms with Crippen molar-refractivity contribution in [1.82, 2.24) is 15.3 Å². The van der Waals surface area contributed by atoms with E-state index in [-0.39, 0.29) is 5.91 Å². The number of benzene rings is 1. The molecule has 5 nitrogen and oxygen atoms in total. The maximum atomic E-state index is 12.5. The molecule has 1 aliphatic heterocycles. The fourth-order valence-corrected chi connectivity index (χ4v) is 3.38. The summed E-state index contributed by atoms with van der Waals surface area (Å²) in [6.07, 6.45) is 3.04. The molecule has 1 saturated heterocycles. The molecule has 6 heteroatoms. The summed E-state index contributed by atoms with van der Waals surface area (Å²) in [5.74, 6) is 2.07. The van der Waals surface area contributed by atoms with Crippen LogP contribution >= 0.6 is 11.6 Å². The molecule has 3 rings (SSSR count). The summed E-state index contributed by atoms with van der Waals surface area (Å²) in [5.41, 5.74) is 1.53. The van der Waals surface area contributed by atoms with Crippen molar-refractivity contribution < 1.29 is 4.79 Å². The van der Waals surface area contributed by atoms with Gasteiger partial charge in [-0.15, -0.1) is 0 Å². The largest absolute Gasteiger partial charge is 0.356 e. The number of carbonyl (C=O) groups excluding carboxylic acids is 1. The molecule has 0 saturated carbocycles. The normalized spacial score (nSPS) is 15.1. The Morgan fingerprint density at radius 2 is 2.04 bits per heavy atom. The number of rotatable bonds is 5. The highest BCUT2D eigenvalue weighted by molar-refractivity contribution is 6.30. The van der Waals surface area contributed by atoms with Gasteiger partial charge < -0.3 is 10.2 Å². The Morgan fingerprint density at radius 3 is 2.77 bits per heavy atom. The average molecular weight is 373 g/mol. The van der Waals surface area contributed by atoms with Gasteiger partial charge in [-0.3, -0.25) is 4.79 Å². The van der Waals surface area contributed by atoms with Crippen LogP contribution in [-0.4, -0.2) is 35.5 Å². The molecule has 0 radical (unpaired) electrons. The van der Waals surface area contributed by atoms with Gasteiger partial charge in [0.05, 0.1) is 0 Å². The first-order chi connectivity index (χ1) is 12.5. The van der Waals surface area contributed by atoms with Gasteiger partial charge in [0.2, 0.25) is 0 Å². The predicted octanol–water partition coefficient (Wildman–Crippen LogP) is 3.65. The van der Waals surface area contributed by atoms with Gasteiger partial charge in [-0.05, 0) is 49.8 Å². The van der Waals surface area contributed by atoms with Gasteiger partial charge in [-0.1, -0.05) is 30.7 Å². The summed E-state index contributed by atoms with van der Waals surface area (Å²) < 4.78 is 0. The van der Waals surface area contributed by atoms with Crippen LogP contribution in [0.1, 0.15) is 41.6 Å². The number of hydrogen-bond donors (Lipinski definition) is 1. The number of aryl methyl sites for hydroxylation is 1. The molecule has 138 valence electrons. The van der Waals surface area contributed by atoms with Crippen LogP contribution in [0.15, 0.2) is 30.3 Å². The lowest BCUT2D eigenvalue weighted by molar-refractivity contribution is 0.0948. The molecule has 0 unspecified atom stereocenters. The number of nitrogens with one attached hydrogen (secondary N) is 1. The molecule has 1 aliphatic rings. The van der Waals surface area contributed by atoms with E-state index in [1.54, 1.807) is 6.07 Å². The second kappa shape index (κ2) is 8.49. The summed E-state index contributed by atoms with van der Waals surface area (Å²) in [6, 6.07) is 9.48. The molecule has 0 spiro atoms. The number of carbonyl (C=O) groups is 1. The van der Waals surface area contributed by atoms with E-state index in [2.05, 4.69) is 27.1 Å². The molecule has 0 aliphatic carbocycles. The van der Waals surface area contributed by atoms with Gasteiger partial charge in [-0.25, -0.2) is 9.97 Å². The van der Waals surface area contributed by atoms with Crippen molar-refractivity contribution >= 4 is 23.3 Å². The Kier molecular flexibility index (Phi) is 6.09. The van der Waals surface area contributed by atoms with E-state index in [9.17, 15) is 4.79 Å². The minimum absolute atomic E-state index is 0.163. The number of nitrogens with zero attached hydrogens (tertiary/aromatic N) is 3. The number of halogens is 1. The minimum atomic E-state index is -0.163. The molecule has 1 amide bonds. The van der Waals surface area contributed by atoms with Crippen LogP contribution in [0.4, 0.5) is 5.82 Å². The van der Waals surface area contributed by atoms with Crippen molar-refractivity contribution in [2.45, 2.75) is 33.1 Å². The Morgan fingerprint density at radius 1 is 1.27 bits per heavy atom. The number of hydrogen-bond acceptors (Lipinski definition) is 4. The zero-order valence-electron chi connectivity index (χ0n) is 15.3. The maximum Gasteiger partial charge on any atom is 0.270 e. The monoisotopic (exact) mass is 372 g/mol. The van der Waals surface area contributed by atoms with Crippen molar-refractivity contribution in [2.24, 2.45) is 5.92 Å². The molecular formula is C20H25ClN4O. The summed E-state index contributed by atoms with van der Waals surface area (Å²) in [7, 11) is 0. The first-order valence-electron chi connectivity index (χ1n) is 9.14. The topological polar surface area (TPSA) is 58.1 Å². The highest BCUT2D eigenvalue weighted by atomic mass is 35.5. The number of piperidine rings is 1. The molecule has 1 fully saturated rings. The smallest absolute Gasteiger partial charge is 0.270 e. The summed E-state index contributed by atoms with van der Waals surface area (Å²) in [4.78, 5) is 23.6. The molecule has 1 aromatic heterocycles. The summed E-state index contributed by atoms with van der Waals surface area (Å²) >= 11 is 5.99. The first kappa shape index (κ1) is 18.6. The lowest BCUT2D eigenvalue weighted by atomic mass is 9.99. The van der Waals surface area contributed by atoms with E-state index < -0.39 is 0 Å². The van der Waals surface area contributed by atoms with Crippen molar-refractivity contribution in [1.29, 1.82) is 0 Å². The molecule has 1 N–H and O–H groups in total. The van der Waals surface area contributed by atoms with Gasteiger partial charge in [0.1, 0.15) is 17.3 Å². The molecular weight excluding hydrogens is 348 g/mol. The highest BCUT2D eigenvalue weighted by Crippen LogP contribution is 2.22. The third-order valence-electron chi connectivity index (χ3n) is 4.75. The quantitative estimate of drug-likeness (QED) is 0.870. The van der Waals surface area contributed by atoms with Crippen molar-refractivity contribution in [3.8, 4) is 0 Å². The van der Waals surface area contributed by atoms with Crippen LogP contribution < -0.4 is 10.2 Å². The SMILES string of the molecule is Cc1nc(C(=O)NCCc2cccc(Cl)c2)cc(N2CCC(C)CC2)n1. The van der Waals surface area contributed by atoms with Crippen LogP contribution in [0.2, 0.25) is 5.02 Å². The van der Waals surface area contributed by atoms with E-state index in [1.807, 2.05) is 31.2 Å². The molecule has 0 bridgehead atoms. The average Bonchev–Trinajstić information content (AvgIpc) is 2.62. The van der Waals surface area contributed by atoms with Crippen LogP contribution in [0.25, 0.3) is 0 Å². The van der Waals surface area contributed by atoms with Crippen LogP contribution in [-0.2, 0) is 6.42 Å². The second-order valence-corrected chi connectivity index (χ2v) is 7.40. The molecule has 1 aromatic carbocycles. The fraction of sp³-hybridized carbons (Fsp3) is 0.450. The van der Waals surface area contributed by atoms with Gasteiger partial charge in [0.15, 0.2) is 0 Å². The van der Waals surface area contributed by atoms with Gasteiger partial charge >= 0.3 is 0 Å². The van der Waals surface area contributed by atoms with Gasteiger partial charge in [-0.2, -0.15) is 0 Å². The second-order valence-electron chi connectivity index (χ2n) is 6.96. The predicted molar refractivity (Wildman–Crippen MR) is 105 cm³/mol. The number of aromatic nitrogens is 2. The highest BCUT2D eigenvalue weighted by Gasteiger charge is 2.19. The van der Waals surface area contributed by atoms with Crippen LogP contribution in [0.5, 0.6) is 0 Å². The lowest BCUT2D eigenvalue weighted by Crippen LogP contribution is -2.34. The number of amides is 1. The van der Waals surface area contributed by atoms with E-state index in [1.165, 1.54) is 0 Å². The van der Waals surface area contributed by atoms with Crippen molar-refractivity contribution in [3.05, 3.63) is 52.4 Å². The number of anilines is 1. The van der Waals surface area contributed by atoms with E-state index >= 15 is 0 Å². The lowest BCUT2D eigenvalue weighted by Gasteiger charge is -2.31. The van der Waals surface area contributed by atoms with E-state index in [0.717, 1.165) is 49.7 Å². The molecule has 26 heavy (non-hydrogen) atoms. The minimum Gasteiger partial charge on any atom is -0.356 e. The molecule has 0 atom stereocenters. The molecule has 2 heterocycles. The Labute approximate surface area is 159 Å². The van der Waals surface area contributed by atoms with E-state index in [4.69, 9.17) is 11.6 Å². The summed E-state index contributed by atoms with van der Waals surface area (Å²) in [5, 5.41) is 3.65. The zero-order chi connectivity index (χ0) is 18.5. The van der Waals surface area contributed by atoms with E-state index in [0.29, 0.717) is 23.1 Å². The first-order valence-corrected chi connectivity index (χ1v) is 9.52. The van der Waals surface area contributed by atoms with Crippen molar-refractivity contribution in [3.63, 3.8) is 0 Å². The maximum absolute atomic E-state index is 12.5. The fourth-order valence-electron chi connectivity index (χ4n) is 3.17. The zero-order valence-corrected chi connectivity index (χ0v) is 16.1. The van der Waals surface area contributed by atoms with Crippen LogP contribution in [0.3, 0.4) is 0 Å². The van der Waals surface area contributed by atoms with Gasteiger partial charge in [0.25, 0.3) is 5.91 Å². The van der Waals surface area contributed by atoms with Crippen LogP contribution in [0, 0.1) is 12.8 Å². The third kappa shape index (κ3) is 4.94. The molecule has 2 aromatic rings. The van der Waals surface area contributed by atoms with Gasteiger partial charge in [0, 0.05) is 30.7 Å². The third-order valence-corrected chi connectivity index (χ3v) is 4.99. The van der Waals surface area contributed by atoms with Crippen molar-refractivity contribution in [2.75, 3.05) is 24.5 Å². The Balaban J connectivity index is 1.61. The Hall–Kier alpha value is -2.14. The Bertz CT molecular complexity index is 772. The standard InChI is InChI=1S/C20H25ClN4O/c1-14-7-10-25(11-8-14)19-13-18(23-15(2)24-19)20(26)22-9-6-16-4-3-5-17(21)12-16/h3-5,12-14H,6-11H2,1-2H3,(H,22,26). The summed E-state index contributed by atoms with van der Waals surface area (Å²) in [6.45, 7) is 6.61.